The number of carbonyl (C=O) groups is 1. The van der Waals surface area contributed by atoms with Crippen LogP contribution in [0.3, 0.4) is 0 Å². The average Bonchev–Trinajstić information content (AvgIpc) is 2.43. The first-order valence-electron chi connectivity index (χ1n) is 5.67. The van der Waals surface area contributed by atoms with Gasteiger partial charge in [-0.05, 0) is 40.2 Å². The third-order valence-corrected chi connectivity index (χ3v) is 4.51. The van der Waals surface area contributed by atoms with Crippen molar-refractivity contribution >= 4 is 55.6 Å². The molecule has 0 aliphatic rings. The quantitative estimate of drug-likeness (QED) is 0.546. The highest BCUT2D eigenvalue weighted by atomic mass is 79.9. The van der Waals surface area contributed by atoms with Crippen LogP contribution in [0.15, 0.2) is 45.3 Å². The molecular weight excluding hydrogens is 409 g/mol. The minimum Gasteiger partial charge on any atom is -0.487 e. The molecule has 0 heterocycles. The van der Waals surface area contributed by atoms with Gasteiger partial charge in [-0.15, -0.1) is 0 Å². The van der Waals surface area contributed by atoms with Crippen molar-refractivity contribution in [3.8, 4) is 5.75 Å². The number of amides is 1. The first-order valence-corrected chi connectivity index (χ1v) is 7.63. The second-order valence-electron chi connectivity index (χ2n) is 3.90. The third kappa shape index (κ3) is 3.75. The summed E-state index contributed by atoms with van der Waals surface area (Å²) in [7, 11) is 0. The van der Waals surface area contributed by atoms with Gasteiger partial charge in [0.05, 0.1) is 10.7 Å². The zero-order valence-electron chi connectivity index (χ0n) is 10.2. The topological polar surface area (TPSA) is 38.3 Å². The molecule has 0 aliphatic heterocycles. The summed E-state index contributed by atoms with van der Waals surface area (Å²) < 4.78 is 7.41. The van der Waals surface area contributed by atoms with Crippen molar-refractivity contribution in [3.63, 3.8) is 0 Å². The summed E-state index contributed by atoms with van der Waals surface area (Å²) in [4.78, 5) is 10.5. The van der Waals surface area contributed by atoms with Crippen LogP contribution in [-0.4, -0.2) is 6.41 Å². The predicted molar refractivity (Wildman–Crippen MR) is 87.3 cm³/mol. The standard InChI is InChI=1S/C14H10Br2ClNO2/c15-10-6-12(17)11(16)5-9(10)7-20-14-4-2-1-3-13(14)18-8-19/h1-6,8H,7H2,(H,18,19). The molecule has 6 heteroatoms. The number of rotatable bonds is 5. The van der Waals surface area contributed by atoms with Gasteiger partial charge in [-0.3, -0.25) is 4.79 Å². The Kier molecular flexibility index (Phi) is 5.46. The Morgan fingerprint density at radius 1 is 1.20 bits per heavy atom. The lowest BCUT2D eigenvalue weighted by Crippen LogP contribution is -2.01. The van der Waals surface area contributed by atoms with Gasteiger partial charge in [-0.1, -0.05) is 39.7 Å². The molecule has 2 rings (SSSR count). The van der Waals surface area contributed by atoms with Gasteiger partial charge in [-0.25, -0.2) is 0 Å². The van der Waals surface area contributed by atoms with Crippen LogP contribution in [0, 0.1) is 0 Å². The monoisotopic (exact) mass is 417 g/mol. The molecule has 0 fully saturated rings. The van der Waals surface area contributed by atoms with Gasteiger partial charge < -0.3 is 10.1 Å². The van der Waals surface area contributed by atoms with Gasteiger partial charge in [0.15, 0.2) is 0 Å². The zero-order chi connectivity index (χ0) is 14.5. The molecule has 0 spiro atoms. The van der Waals surface area contributed by atoms with E-state index in [2.05, 4.69) is 37.2 Å². The SMILES string of the molecule is O=CNc1ccccc1OCc1cc(Br)c(Cl)cc1Br. The molecule has 0 saturated heterocycles. The maximum absolute atomic E-state index is 10.5. The molecule has 0 aliphatic carbocycles. The number of para-hydroxylation sites is 2. The minimum absolute atomic E-state index is 0.355. The predicted octanol–water partition coefficient (Wildman–Crippen LogP) is 5.01. The first kappa shape index (κ1) is 15.4. The molecule has 104 valence electrons. The lowest BCUT2D eigenvalue weighted by atomic mass is 10.2. The molecule has 20 heavy (non-hydrogen) atoms. The molecule has 0 bridgehead atoms. The molecule has 0 aromatic heterocycles. The summed E-state index contributed by atoms with van der Waals surface area (Å²) in [5.74, 6) is 0.609. The maximum Gasteiger partial charge on any atom is 0.211 e. The summed E-state index contributed by atoms with van der Waals surface area (Å²) in [5, 5.41) is 3.23. The van der Waals surface area contributed by atoms with Crippen LogP contribution in [0.5, 0.6) is 5.75 Å². The Morgan fingerprint density at radius 3 is 2.70 bits per heavy atom. The number of anilines is 1. The van der Waals surface area contributed by atoms with Crippen LogP contribution in [-0.2, 0) is 11.4 Å². The fraction of sp³-hybridized carbons (Fsp3) is 0.0714. The fourth-order valence-corrected chi connectivity index (χ4v) is 2.75. The summed E-state index contributed by atoms with van der Waals surface area (Å²) >= 11 is 12.8. The molecule has 0 radical (unpaired) electrons. The normalized spacial score (nSPS) is 10.2. The smallest absolute Gasteiger partial charge is 0.211 e. The van der Waals surface area contributed by atoms with Crippen molar-refractivity contribution in [1.82, 2.24) is 0 Å². The zero-order valence-corrected chi connectivity index (χ0v) is 14.1. The van der Waals surface area contributed by atoms with E-state index >= 15 is 0 Å². The highest BCUT2D eigenvalue weighted by Crippen LogP contribution is 2.31. The van der Waals surface area contributed by atoms with Crippen LogP contribution < -0.4 is 10.1 Å². The van der Waals surface area contributed by atoms with Crippen LogP contribution >= 0.6 is 43.5 Å². The van der Waals surface area contributed by atoms with Crippen molar-refractivity contribution in [3.05, 3.63) is 55.9 Å². The number of ether oxygens (including phenoxy) is 1. The lowest BCUT2D eigenvalue weighted by molar-refractivity contribution is -0.105. The Hall–Kier alpha value is -1.04. The number of hydrogen-bond donors (Lipinski definition) is 1. The van der Waals surface area contributed by atoms with Crippen LogP contribution in [0.1, 0.15) is 5.56 Å². The van der Waals surface area contributed by atoms with E-state index in [-0.39, 0.29) is 0 Å². The summed E-state index contributed by atoms with van der Waals surface area (Å²) in [5.41, 5.74) is 1.58. The summed E-state index contributed by atoms with van der Waals surface area (Å²) in [6.45, 7) is 0.355. The van der Waals surface area contributed by atoms with E-state index in [1.165, 1.54) is 0 Å². The Bertz CT molecular complexity index is 635. The molecule has 2 aromatic rings. The van der Waals surface area contributed by atoms with E-state index in [4.69, 9.17) is 16.3 Å². The van der Waals surface area contributed by atoms with Crippen molar-refractivity contribution in [2.75, 3.05) is 5.32 Å². The molecule has 3 nitrogen and oxygen atoms in total. The Morgan fingerprint density at radius 2 is 1.95 bits per heavy atom. The van der Waals surface area contributed by atoms with E-state index in [0.717, 1.165) is 14.5 Å². The second-order valence-corrected chi connectivity index (χ2v) is 6.02. The largest absolute Gasteiger partial charge is 0.487 e. The fourth-order valence-electron chi connectivity index (χ4n) is 1.61. The molecule has 2 aromatic carbocycles. The molecule has 1 N–H and O–H groups in total. The van der Waals surface area contributed by atoms with Crippen molar-refractivity contribution < 1.29 is 9.53 Å². The Balaban J connectivity index is 2.17. The number of carbonyl (C=O) groups excluding carboxylic acids is 1. The van der Waals surface area contributed by atoms with Gasteiger partial charge in [0.25, 0.3) is 0 Å². The van der Waals surface area contributed by atoms with Gasteiger partial charge in [0.2, 0.25) is 6.41 Å². The number of halogens is 3. The Labute approximate surface area is 138 Å². The van der Waals surface area contributed by atoms with Gasteiger partial charge in [0.1, 0.15) is 12.4 Å². The second kappa shape index (κ2) is 7.11. The molecule has 0 saturated carbocycles. The summed E-state index contributed by atoms with van der Waals surface area (Å²) in [6.07, 6.45) is 0.622. The number of nitrogens with one attached hydrogen (secondary N) is 1. The minimum atomic E-state index is 0.355. The maximum atomic E-state index is 10.5. The van der Waals surface area contributed by atoms with E-state index in [9.17, 15) is 4.79 Å². The molecular formula is C14H10Br2ClNO2. The van der Waals surface area contributed by atoms with Crippen molar-refractivity contribution in [1.29, 1.82) is 0 Å². The van der Waals surface area contributed by atoms with Crippen LogP contribution in [0.4, 0.5) is 5.69 Å². The van der Waals surface area contributed by atoms with Gasteiger partial charge in [0, 0.05) is 14.5 Å². The van der Waals surface area contributed by atoms with E-state index in [0.29, 0.717) is 29.5 Å². The van der Waals surface area contributed by atoms with Crippen molar-refractivity contribution in [2.24, 2.45) is 0 Å². The van der Waals surface area contributed by atoms with Gasteiger partial charge >= 0.3 is 0 Å². The van der Waals surface area contributed by atoms with E-state index in [1.807, 2.05) is 18.2 Å². The molecule has 0 atom stereocenters. The average molecular weight is 420 g/mol. The van der Waals surface area contributed by atoms with E-state index in [1.54, 1.807) is 18.2 Å². The van der Waals surface area contributed by atoms with Crippen molar-refractivity contribution in [2.45, 2.75) is 6.61 Å². The lowest BCUT2D eigenvalue weighted by Gasteiger charge is -2.12. The highest BCUT2D eigenvalue weighted by Gasteiger charge is 2.08. The highest BCUT2D eigenvalue weighted by molar-refractivity contribution is 9.11. The van der Waals surface area contributed by atoms with Crippen LogP contribution in [0.25, 0.3) is 0 Å². The van der Waals surface area contributed by atoms with E-state index < -0.39 is 0 Å². The van der Waals surface area contributed by atoms with Gasteiger partial charge in [-0.2, -0.15) is 0 Å². The molecule has 1 amide bonds. The molecule has 0 unspecified atom stereocenters. The summed E-state index contributed by atoms with van der Waals surface area (Å²) in [6, 6.07) is 10.9. The third-order valence-electron chi connectivity index (χ3n) is 2.57. The van der Waals surface area contributed by atoms with Crippen LogP contribution in [0.2, 0.25) is 5.02 Å². The number of hydrogen-bond acceptors (Lipinski definition) is 2. The number of benzene rings is 2. The first-order chi connectivity index (χ1) is 9.61.